The number of nitrogens with one attached hydrogen (secondary N) is 1. The van der Waals surface area contributed by atoms with Crippen molar-refractivity contribution in [2.24, 2.45) is 0 Å². The van der Waals surface area contributed by atoms with Crippen molar-refractivity contribution in [2.75, 3.05) is 13.1 Å². The Labute approximate surface area is 76.4 Å². The average Bonchev–Trinajstić information content (AvgIpc) is 2.43. The van der Waals surface area contributed by atoms with Crippen LogP contribution in [0.2, 0.25) is 0 Å². The van der Waals surface area contributed by atoms with E-state index in [1.807, 2.05) is 0 Å². The number of aromatic amines is 1. The first kappa shape index (κ1) is 8.01. The molecule has 0 atom stereocenters. The number of rotatable bonds is 1. The molecule has 0 bridgehead atoms. The fourth-order valence-electron chi connectivity index (χ4n) is 1.54. The minimum atomic E-state index is 0.512. The van der Waals surface area contributed by atoms with E-state index >= 15 is 0 Å². The molecule has 0 spiro atoms. The van der Waals surface area contributed by atoms with Gasteiger partial charge in [-0.2, -0.15) is 0 Å². The second kappa shape index (κ2) is 3.03. The third-order valence-corrected chi connectivity index (χ3v) is 2.48. The van der Waals surface area contributed by atoms with Crippen molar-refractivity contribution >= 4 is 12.2 Å². The van der Waals surface area contributed by atoms with E-state index in [9.17, 15) is 0 Å². The predicted molar refractivity (Wildman–Crippen MR) is 48.5 cm³/mol. The van der Waals surface area contributed by atoms with Crippen LogP contribution in [0, 0.1) is 4.84 Å². The zero-order chi connectivity index (χ0) is 8.55. The molecule has 3 nitrogen and oxygen atoms in total. The van der Waals surface area contributed by atoms with Crippen molar-refractivity contribution in [2.45, 2.75) is 19.9 Å². The van der Waals surface area contributed by atoms with Gasteiger partial charge in [-0.15, -0.1) is 0 Å². The summed E-state index contributed by atoms with van der Waals surface area (Å²) in [6.07, 6.45) is 1.03. The second-order valence-electron chi connectivity index (χ2n) is 3.04. The zero-order valence-electron chi connectivity index (χ0n) is 7.09. The van der Waals surface area contributed by atoms with Crippen LogP contribution in [0.3, 0.4) is 0 Å². The summed E-state index contributed by atoms with van der Waals surface area (Å²) in [5.41, 5.74) is 1.18. The molecule has 2 rings (SSSR count). The fraction of sp³-hybridized carbons (Fsp3) is 0.625. The van der Waals surface area contributed by atoms with Crippen LogP contribution in [-0.4, -0.2) is 23.0 Å². The number of hydrogen-bond donors (Lipinski definition) is 1. The maximum atomic E-state index is 5.36. The molecule has 2 heterocycles. The van der Waals surface area contributed by atoms with Gasteiger partial charge in [0.05, 0.1) is 12.2 Å². The van der Waals surface area contributed by atoms with Crippen LogP contribution in [0.4, 0.5) is 0 Å². The van der Waals surface area contributed by atoms with Gasteiger partial charge in [0.2, 0.25) is 0 Å². The number of H-pyrrole nitrogens is 1. The molecule has 12 heavy (non-hydrogen) atoms. The molecule has 0 radical (unpaired) electrons. The summed E-state index contributed by atoms with van der Waals surface area (Å²) in [5.74, 6) is 1.02. The molecule has 0 fully saturated rings. The zero-order valence-corrected chi connectivity index (χ0v) is 7.91. The van der Waals surface area contributed by atoms with Gasteiger partial charge in [0.15, 0.2) is 0 Å². The van der Waals surface area contributed by atoms with Gasteiger partial charge in [-0.3, -0.25) is 4.90 Å². The van der Waals surface area contributed by atoms with Gasteiger partial charge in [0.1, 0.15) is 5.76 Å². The van der Waals surface area contributed by atoms with Gasteiger partial charge in [-0.05, 0) is 18.8 Å². The van der Waals surface area contributed by atoms with Crippen molar-refractivity contribution in [1.29, 1.82) is 0 Å². The molecular formula is C8H12N2OS. The van der Waals surface area contributed by atoms with Crippen LogP contribution < -0.4 is 0 Å². The van der Waals surface area contributed by atoms with Gasteiger partial charge in [-0.25, -0.2) is 0 Å². The normalized spacial score (nSPS) is 17.8. The fourth-order valence-corrected chi connectivity index (χ4v) is 1.77. The van der Waals surface area contributed by atoms with Crippen molar-refractivity contribution in [1.82, 2.24) is 9.88 Å². The quantitative estimate of drug-likeness (QED) is 0.674. The minimum absolute atomic E-state index is 0.512. The molecule has 0 aromatic carbocycles. The molecule has 4 heteroatoms. The first-order valence-electron chi connectivity index (χ1n) is 4.23. The molecule has 1 aromatic heterocycles. The standard InChI is InChI=1S/C8H12N2OS/c1-2-10-4-3-6-7(5-10)11-8(12)9-6/h2-5H2,1H3,(H,9,12). The van der Waals surface area contributed by atoms with Crippen LogP contribution >= 0.6 is 12.2 Å². The van der Waals surface area contributed by atoms with E-state index < -0.39 is 0 Å². The van der Waals surface area contributed by atoms with Gasteiger partial charge in [0, 0.05) is 13.0 Å². The molecule has 1 aromatic rings. The third kappa shape index (κ3) is 1.32. The van der Waals surface area contributed by atoms with Gasteiger partial charge >= 0.3 is 0 Å². The van der Waals surface area contributed by atoms with Crippen molar-refractivity contribution < 1.29 is 4.42 Å². The number of oxazole rings is 1. The summed E-state index contributed by atoms with van der Waals surface area (Å²) in [6, 6.07) is 0. The highest BCUT2D eigenvalue weighted by Crippen LogP contribution is 2.17. The van der Waals surface area contributed by atoms with E-state index in [0.717, 1.165) is 31.8 Å². The Morgan fingerprint density at radius 2 is 2.50 bits per heavy atom. The van der Waals surface area contributed by atoms with Gasteiger partial charge in [0.25, 0.3) is 4.84 Å². The van der Waals surface area contributed by atoms with E-state index in [4.69, 9.17) is 16.6 Å². The van der Waals surface area contributed by atoms with Crippen molar-refractivity contribution in [3.63, 3.8) is 0 Å². The van der Waals surface area contributed by atoms with E-state index in [-0.39, 0.29) is 0 Å². The number of fused-ring (bicyclic) bond motifs is 1. The summed E-state index contributed by atoms with van der Waals surface area (Å²) >= 11 is 4.91. The molecule has 0 saturated heterocycles. The number of likely N-dealkylation sites (N-methyl/N-ethyl adjacent to an activating group) is 1. The molecular weight excluding hydrogens is 172 g/mol. The lowest BCUT2D eigenvalue weighted by molar-refractivity contribution is 0.239. The van der Waals surface area contributed by atoms with Crippen LogP contribution in [0.15, 0.2) is 4.42 Å². The van der Waals surface area contributed by atoms with Gasteiger partial charge < -0.3 is 9.40 Å². The lowest BCUT2D eigenvalue weighted by Crippen LogP contribution is -2.29. The Bertz CT molecular complexity index is 328. The minimum Gasteiger partial charge on any atom is -0.433 e. The number of hydrogen-bond acceptors (Lipinski definition) is 3. The van der Waals surface area contributed by atoms with E-state index in [2.05, 4.69) is 16.8 Å². The second-order valence-corrected chi connectivity index (χ2v) is 3.41. The largest absolute Gasteiger partial charge is 0.433 e. The van der Waals surface area contributed by atoms with Crippen LogP contribution in [0.5, 0.6) is 0 Å². The molecule has 0 aliphatic carbocycles. The summed E-state index contributed by atoms with van der Waals surface area (Å²) in [7, 11) is 0. The van der Waals surface area contributed by atoms with Gasteiger partial charge in [-0.1, -0.05) is 6.92 Å². The molecule has 1 N–H and O–H groups in total. The molecule has 1 aliphatic rings. The Morgan fingerprint density at radius 1 is 1.67 bits per heavy atom. The maximum Gasteiger partial charge on any atom is 0.266 e. The third-order valence-electron chi connectivity index (χ3n) is 2.30. The first-order valence-corrected chi connectivity index (χ1v) is 4.63. The predicted octanol–water partition coefficient (Wildman–Crippen LogP) is 1.72. The topological polar surface area (TPSA) is 32.2 Å². The molecule has 1 aliphatic heterocycles. The Kier molecular flexibility index (Phi) is 2.02. The molecule has 0 amide bonds. The van der Waals surface area contributed by atoms with Crippen molar-refractivity contribution in [3.8, 4) is 0 Å². The highest BCUT2D eigenvalue weighted by molar-refractivity contribution is 7.71. The summed E-state index contributed by atoms with van der Waals surface area (Å²) in [6.45, 7) is 5.24. The van der Waals surface area contributed by atoms with E-state index in [0.29, 0.717) is 4.84 Å². The Balaban J connectivity index is 2.28. The first-order chi connectivity index (χ1) is 5.79. The summed E-state index contributed by atoms with van der Waals surface area (Å²) < 4.78 is 5.36. The maximum absolute atomic E-state index is 5.36. The average molecular weight is 184 g/mol. The van der Waals surface area contributed by atoms with E-state index in [1.54, 1.807) is 0 Å². The number of aromatic nitrogens is 1. The Hall–Kier alpha value is -0.610. The monoisotopic (exact) mass is 184 g/mol. The highest BCUT2D eigenvalue weighted by atomic mass is 32.1. The SMILES string of the molecule is CCN1CCc2[nH]c(=S)oc2C1. The van der Waals surface area contributed by atoms with Crippen LogP contribution in [0.25, 0.3) is 0 Å². The van der Waals surface area contributed by atoms with Crippen molar-refractivity contribution in [3.05, 3.63) is 16.3 Å². The molecule has 0 unspecified atom stereocenters. The molecule has 66 valence electrons. The van der Waals surface area contributed by atoms with Crippen LogP contribution in [-0.2, 0) is 13.0 Å². The van der Waals surface area contributed by atoms with Crippen LogP contribution in [0.1, 0.15) is 18.4 Å². The highest BCUT2D eigenvalue weighted by Gasteiger charge is 2.18. The van der Waals surface area contributed by atoms with E-state index in [1.165, 1.54) is 5.69 Å². The summed E-state index contributed by atoms with van der Waals surface area (Å²) in [5, 5.41) is 0. The molecule has 0 saturated carbocycles. The lowest BCUT2D eigenvalue weighted by atomic mass is 10.2. The smallest absolute Gasteiger partial charge is 0.266 e. The Morgan fingerprint density at radius 3 is 3.25 bits per heavy atom. The lowest BCUT2D eigenvalue weighted by Gasteiger charge is -2.23. The summed E-state index contributed by atoms with van der Waals surface area (Å²) in [4.78, 5) is 5.92. The number of nitrogens with zero attached hydrogens (tertiary/aromatic N) is 1.